The van der Waals surface area contributed by atoms with Crippen LogP contribution in [0.3, 0.4) is 0 Å². The van der Waals surface area contributed by atoms with Gasteiger partial charge < -0.3 is 15.1 Å². The fourth-order valence-corrected chi connectivity index (χ4v) is 5.99. The van der Waals surface area contributed by atoms with E-state index in [4.69, 9.17) is 0 Å². The van der Waals surface area contributed by atoms with Crippen LogP contribution in [0.5, 0.6) is 0 Å². The lowest BCUT2D eigenvalue weighted by Crippen LogP contribution is -2.53. The smallest absolute Gasteiger partial charge is 0.353 e. The third-order valence-corrected chi connectivity index (χ3v) is 7.84. The number of nitrogens with zero attached hydrogens (tertiary/aromatic N) is 6. The SMILES string of the molecule is CC1CCN(C(=O)Nc2cn[nH]c2-c2cc3c(cn2)c(N2CC(C)(C)C2)nn3CC(F)(F)F)C2(CC2)C1. The fraction of sp³-hybridized carbons (Fsp3) is 0.600. The molecule has 2 N–H and O–H groups in total. The van der Waals surface area contributed by atoms with E-state index < -0.39 is 12.7 Å². The van der Waals surface area contributed by atoms with E-state index >= 15 is 0 Å². The molecule has 6 rings (SSSR count). The Balaban J connectivity index is 1.31. The molecule has 3 aliphatic rings. The number of anilines is 2. The molecule has 1 saturated carbocycles. The highest BCUT2D eigenvalue weighted by atomic mass is 19.4. The lowest BCUT2D eigenvalue weighted by Gasteiger charge is -2.46. The van der Waals surface area contributed by atoms with Crippen molar-refractivity contribution in [3.05, 3.63) is 18.5 Å². The third-order valence-electron chi connectivity index (χ3n) is 7.84. The summed E-state index contributed by atoms with van der Waals surface area (Å²) in [5.41, 5.74) is 1.63. The molecule has 1 unspecified atom stereocenters. The zero-order valence-corrected chi connectivity index (χ0v) is 21.2. The predicted octanol–water partition coefficient (Wildman–Crippen LogP) is 5.03. The quantitative estimate of drug-likeness (QED) is 0.508. The first-order valence-electron chi connectivity index (χ1n) is 12.7. The largest absolute Gasteiger partial charge is 0.408 e. The van der Waals surface area contributed by atoms with Crippen LogP contribution in [0.25, 0.3) is 22.3 Å². The van der Waals surface area contributed by atoms with Gasteiger partial charge in [0.2, 0.25) is 0 Å². The molecule has 12 heteroatoms. The number of H-pyrrole nitrogens is 1. The Kier molecular flexibility index (Phi) is 5.26. The first kappa shape index (κ1) is 24.1. The Labute approximate surface area is 212 Å². The van der Waals surface area contributed by atoms with E-state index in [0.29, 0.717) is 59.3 Å². The number of rotatable bonds is 4. The summed E-state index contributed by atoms with van der Waals surface area (Å²) in [7, 11) is 0. The maximum absolute atomic E-state index is 13.4. The summed E-state index contributed by atoms with van der Waals surface area (Å²) < 4.78 is 41.2. The summed E-state index contributed by atoms with van der Waals surface area (Å²) >= 11 is 0. The van der Waals surface area contributed by atoms with Crippen molar-refractivity contribution in [3.63, 3.8) is 0 Å². The van der Waals surface area contributed by atoms with Crippen LogP contribution in [0.15, 0.2) is 18.5 Å². The Morgan fingerprint density at radius 1 is 1.24 bits per heavy atom. The Bertz CT molecular complexity index is 1350. The second-order valence-corrected chi connectivity index (χ2v) is 11.8. The number of pyridine rings is 1. The van der Waals surface area contributed by atoms with E-state index in [-0.39, 0.29) is 17.0 Å². The van der Waals surface area contributed by atoms with Gasteiger partial charge in [0, 0.05) is 31.4 Å². The first-order chi connectivity index (χ1) is 17.4. The predicted molar refractivity (Wildman–Crippen MR) is 133 cm³/mol. The molecule has 0 aromatic carbocycles. The molecule has 5 heterocycles. The number of fused-ring (bicyclic) bond motifs is 1. The third kappa shape index (κ3) is 4.40. The monoisotopic (exact) mass is 516 g/mol. The fourth-order valence-electron chi connectivity index (χ4n) is 5.99. The summed E-state index contributed by atoms with van der Waals surface area (Å²) in [6.45, 7) is 7.36. The number of piperidine rings is 1. The Morgan fingerprint density at radius 2 is 2.00 bits per heavy atom. The van der Waals surface area contributed by atoms with Crippen LogP contribution >= 0.6 is 0 Å². The zero-order chi connectivity index (χ0) is 26.2. The van der Waals surface area contributed by atoms with Gasteiger partial charge in [-0.1, -0.05) is 20.8 Å². The minimum atomic E-state index is -4.42. The van der Waals surface area contributed by atoms with Crippen molar-refractivity contribution in [2.75, 3.05) is 29.9 Å². The Morgan fingerprint density at radius 3 is 2.68 bits per heavy atom. The number of halogens is 3. The molecular formula is C25H31F3N8O. The normalized spacial score (nSPS) is 22.4. The topological polar surface area (TPSA) is 95.0 Å². The first-order valence-corrected chi connectivity index (χ1v) is 12.7. The van der Waals surface area contributed by atoms with Crippen LogP contribution in [0.4, 0.5) is 29.5 Å². The van der Waals surface area contributed by atoms with Crippen molar-refractivity contribution in [2.45, 2.75) is 64.7 Å². The van der Waals surface area contributed by atoms with Crippen LogP contribution in [0, 0.1) is 11.3 Å². The summed E-state index contributed by atoms with van der Waals surface area (Å²) in [5.74, 6) is 1.10. The molecular weight excluding hydrogens is 485 g/mol. The molecule has 3 fully saturated rings. The van der Waals surface area contributed by atoms with Crippen LogP contribution in [-0.2, 0) is 6.54 Å². The van der Waals surface area contributed by atoms with Crippen molar-refractivity contribution in [1.29, 1.82) is 0 Å². The molecule has 1 atom stereocenters. The summed E-state index contributed by atoms with van der Waals surface area (Å²) in [6, 6.07) is 1.40. The molecule has 1 aliphatic carbocycles. The molecule has 198 valence electrons. The van der Waals surface area contributed by atoms with Gasteiger partial charge in [0.15, 0.2) is 5.82 Å². The minimum absolute atomic E-state index is 0.0469. The standard InChI is InChI=1S/C25H31F3N8O/c1-15-4-7-35(24(9-15)5-6-24)22(37)31-18-11-30-32-20(18)17-8-19-16(10-29-17)21(34-12-23(2,3)13-34)33-36(19)14-25(26,27)28/h8,10-11,15H,4-7,9,12-14H2,1-3H3,(H,30,32)(H,31,37). The van der Waals surface area contributed by atoms with E-state index in [9.17, 15) is 18.0 Å². The minimum Gasteiger partial charge on any atom is -0.353 e. The van der Waals surface area contributed by atoms with Crippen molar-refractivity contribution >= 4 is 28.4 Å². The zero-order valence-electron chi connectivity index (χ0n) is 21.2. The lowest BCUT2D eigenvalue weighted by atomic mass is 9.84. The van der Waals surface area contributed by atoms with E-state index in [0.717, 1.165) is 30.4 Å². The van der Waals surface area contributed by atoms with Gasteiger partial charge in [-0.15, -0.1) is 0 Å². The number of hydrogen-bond acceptors (Lipinski definition) is 5. The van der Waals surface area contributed by atoms with Gasteiger partial charge in [0.05, 0.1) is 28.5 Å². The molecule has 3 aromatic heterocycles. The lowest BCUT2D eigenvalue weighted by molar-refractivity contribution is -0.141. The van der Waals surface area contributed by atoms with Gasteiger partial charge in [-0.2, -0.15) is 23.4 Å². The number of aromatic amines is 1. The summed E-state index contributed by atoms with van der Waals surface area (Å²) in [4.78, 5) is 21.7. The van der Waals surface area contributed by atoms with Crippen molar-refractivity contribution in [1.82, 2.24) is 29.9 Å². The number of carbonyl (C=O) groups excluding carboxylic acids is 1. The number of nitrogens with one attached hydrogen (secondary N) is 2. The van der Waals surface area contributed by atoms with Gasteiger partial charge in [-0.3, -0.25) is 14.8 Å². The van der Waals surface area contributed by atoms with E-state index in [1.165, 1.54) is 6.20 Å². The second-order valence-electron chi connectivity index (χ2n) is 11.8. The number of aromatic nitrogens is 5. The van der Waals surface area contributed by atoms with Crippen molar-refractivity contribution in [3.8, 4) is 11.4 Å². The molecule has 2 aliphatic heterocycles. The number of urea groups is 1. The molecule has 0 radical (unpaired) electrons. The maximum atomic E-state index is 13.4. The number of hydrogen-bond donors (Lipinski definition) is 2. The Hall–Kier alpha value is -3.31. The maximum Gasteiger partial charge on any atom is 0.408 e. The van der Waals surface area contributed by atoms with Gasteiger partial charge in [-0.05, 0) is 43.1 Å². The molecule has 2 amide bonds. The van der Waals surface area contributed by atoms with E-state index in [1.807, 2.05) is 9.80 Å². The van der Waals surface area contributed by atoms with Crippen LogP contribution in [0.2, 0.25) is 0 Å². The van der Waals surface area contributed by atoms with Gasteiger partial charge in [0.1, 0.15) is 12.2 Å². The molecule has 3 aromatic rings. The number of amides is 2. The van der Waals surface area contributed by atoms with Gasteiger partial charge >= 0.3 is 12.2 Å². The number of alkyl halides is 3. The van der Waals surface area contributed by atoms with Crippen LogP contribution in [0.1, 0.15) is 46.5 Å². The second kappa shape index (κ2) is 8.09. The van der Waals surface area contributed by atoms with Crippen LogP contribution in [-0.4, -0.2) is 67.2 Å². The molecule has 9 nitrogen and oxygen atoms in total. The number of carbonyl (C=O) groups is 1. The molecule has 0 bridgehead atoms. The van der Waals surface area contributed by atoms with Crippen molar-refractivity contribution < 1.29 is 18.0 Å². The van der Waals surface area contributed by atoms with E-state index in [2.05, 4.69) is 46.4 Å². The average Bonchev–Trinajstić information content (AvgIpc) is 3.23. The van der Waals surface area contributed by atoms with Gasteiger partial charge in [-0.25, -0.2) is 4.79 Å². The highest BCUT2D eigenvalue weighted by molar-refractivity contribution is 5.96. The molecule has 1 spiro atoms. The van der Waals surface area contributed by atoms with E-state index in [1.54, 1.807) is 12.3 Å². The van der Waals surface area contributed by atoms with Crippen molar-refractivity contribution in [2.24, 2.45) is 11.3 Å². The average molecular weight is 517 g/mol. The highest BCUT2D eigenvalue weighted by Crippen LogP contribution is 2.50. The summed E-state index contributed by atoms with van der Waals surface area (Å²) in [5, 5.41) is 14.8. The number of likely N-dealkylation sites (tertiary alicyclic amines) is 1. The highest BCUT2D eigenvalue weighted by Gasteiger charge is 2.52. The van der Waals surface area contributed by atoms with Crippen LogP contribution < -0.4 is 10.2 Å². The summed E-state index contributed by atoms with van der Waals surface area (Å²) in [6.07, 6.45) is 2.64. The molecule has 37 heavy (non-hydrogen) atoms. The van der Waals surface area contributed by atoms with Gasteiger partial charge in [0.25, 0.3) is 0 Å². The molecule has 2 saturated heterocycles.